The van der Waals surface area contributed by atoms with Crippen LogP contribution in [0.1, 0.15) is 47.0 Å². The molecule has 0 aliphatic carbocycles. The third kappa shape index (κ3) is 5.44. The molecule has 2 atom stereocenters. The van der Waals surface area contributed by atoms with Crippen molar-refractivity contribution in [2.24, 2.45) is 0 Å². The van der Waals surface area contributed by atoms with Gasteiger partial charge < -0.3 is 19.9 Å². The lowest BCUT2D eigenvalue weighted by Crippen LogP contribution is -2.54. The van der Waals surface area contributed by atoms with E-state index in [2.05, 4.69) is 5.32 Å². The van der Waals surface area contributed by atoms with Crippen molar-refractivity contribution in [1.82, 2.24) is 15.1 Å². The number of ether oxygens (including phenoxy) is 1. The van der Waals surface area contributed by atoms with Crippen LogP contribution in [0, 0.1) is 0 Å². The van der Waals surface area contributed by atoms with Crippen LogP contribution in [0.15, 0.2) is 0 Å². The van der Waals surface area contributed by atoms with Gasteiger partial charge in [-0.2, -0.15) is 0 Å². The number of rotatable bonds is 1. The predicted molar refractivity (Wildman–Crippen MR) is 82.3 cm³/mol. The van der Waals surface area contributed by atoms with E-state index in [-0.39, 0.29) is 18.1 Å². The van der Waals surface area contributed by atoms with E-state index in [0.29, 0.717) is 0 Å². The van der Waals surface area contributed by atoms with Crippen molar-refractivity contribution in [3.05, 3.63) is 0 Å². The molecule has 0 aromatic rings. The van der Waals surface area contributed by atoms with Gasteiger partial charge in [-0.05, 0) is 47.0 Å². The highest BCUT2D eigenvalue weighted by atomic mass is 16.6. The maximum atomic E-state index is 12.2. The summed E-state index contributed by atoms with van der Waals surface area (Å²) in [5.41, 5.74) is -0.517. The van der Waals surface area contributed by atoms with Gasteiger partial charge in [-0.25, -0.2) is 9.59 Å². The quantitative estimate of drug-likeness (QED) is 0.809. The maximum Gasteiger partial charge on any atom is 0.407 e. The predicted octanol–water partition coefficient (Wildman–Crippen LogP) is 2.44. The lowest BCUT2D eigenvalue weighted by Gasteiger charge is -2.34. The zero-order chi connectivity index (χ0) is 16.2. The van der Waals surface area contributed by atoms with E-state index >= 15 is 0 Å². The Kier molecular flexibility index (Phi) is 5.87. The van der Waals surface area contributed by atoms with E-state index in [1.54, 1.807) is 19.0 Å². The van der Waals surface area contributed by atoms with Crippen LogP contribution in [0.2, 0.25) is 0 Å². The molecule has 1 fully saturated rings. The van der Waals surface area contributed by atoms with Gasteiger partial charge in [-0.1, -0.05) is 0 Å². The summed E-state index contributed by atoms with van der Waals surface area (Å²) in [6, 6.07) is -0.137. The number of likely N-dealkylation sites (tertiary alicyclic amines) is 1. The Labute approximate surface area is 127 Å². The number of alkyl carbamates (subject to hydrolysis) is 1. The molecule has 0 saturated carbocycles. The molecule has 0 radical (unpaired) electrons. The van der Waals surface area contributed by atoms with Crippen LogP contribution in [0.3, 0.4) is 0 Å². The van der Waals surface area contributed by atoms with Gasteiger partial charge in [0.25, 0.3) is 0 Å². The maximum absolute atomic E-state index is 12.2. The summed E-state index contributed by atoms with van der Waals surface area (Å²) >= 11 is 0. The fourth-order valence-corrected chi connectivity index (χ4v) is 2.49. The molecule has 1 heterocycles. The average Bonchev–Trinajstić information content (AvgIpc) is 2.49. The smallest absolute Gasteiger partial charge is 0.407 e. The van der Waals surface area contributed by atoms with Crippen molar-refractivity contribution in [1.29, 1.82) is 0 Å². The van der Waals surface area contributed by atoms with Gasteiger partial charge >= 0.3 is 12.1 Å². The fraction of sp³-hybridized carbons (Fsp3) is 0.867. The van der Waals surface area contributed by atoms with Gasteiger partial charge in [-0.15, -0.1) is 0 Å². The Morgan fingerprint density at radius 1 is 1.24 bits per heavy atom. The molecule has 1 N–H and O–H groups in total. The second kappa shape index (κ2) is 7.00. The third-order valence-electron chi connectivity index (χ3n) is 3.57. The molecule has 6 nitrogen and oxygen atoms in total. The summed E-state index contributed by atoms with van der Waals surface area (Å²) in [6.45, 7) is 8.22. The van der Waals surface area contributed by atoms with E-state index < -0.39 is 11.7 Å². The van der Waals surface area contributed by atoms with Gasteiger partial charge in [0.15, 0.2) is 0 Å². The van der Waals surface area contributed by atoms with E-state index in [1.807, 2.05) is 32.6 Å². The van der Waals surface area contributed by atoms with Gasteiger partial charge in [0.1, 0.15) is 5.60 Å². The third-order valence-corrected chi connectivity index (χ3v) is 3.57. The minimum Gasteiger partial charge on any atom is -0.444 e. The van der Waals surface area contributed by atoms with E-state index in [9.17, 15) is 9.59 Å². The first kappa shape index (κ1) is 17.6. The fourth-order valence-electron chi connectivity index (χ4n) is 2.49. The molecule has 6 heteroatoms. The van der Waals surface area contributed by atoms with Crippen molar-refractivity contribution < 1.29 is 14.3 Å². The van der Waals surface area contributed by atoms with E-state index in [4.69, 9.17) is 4.74 Å². The van der Waals surface area contributed by atoms with E-state index in [1.165, 1.54) is 0 Å². The number of urea groups is 1. The Hall–Kier alpha value is -1.46. The van der Waals surface area contributed by atoms with Gasteiger partial charge in [0.2, 0.25) is 0 Å². The molecule has 1 aliphatic rings. The molecule has 3 amide bonds. The Morgan fingerprint density at radius 3 is 2.38 bits per heavy atom. The first-order valence-electron chi connectivity index (χ1n) is 7.59. The van der Waals surface area contributed by atoms with Crippen LogP contribution in [0.5, 0.6) is 0 Å². The summed E-state index contributed by atoms with van der Waals surface area (Å²) in [5.74, 6) is 0. The highest BCUT2D eigenvalue weighted by molar-refractivity contribution is 5.74. The lowest BCUT2D eigenvalue weighted by atomic mass is 10.1. The first-order chi connectivity index (χ1) is 9.61. The Balaban J connectivity index is 2.72. The highest BCUT2D eigenvalue weighted by Gasteiger charge is 2.32. The van der Waals surface area contributed by atoms with Crippen molar-refractivity contribution in [3.63, 3.8) is 0 Å². The van der Waals surface area contributed by atoms with Crippen molar-refractivity contribution >= 4 is 12.1 Å². The van der Waals surface area contributed by atoms with Crippen LogP contribution < -0.4 is 5.32 Å². The zero-order valence-electron chi connectivity index (χ0n) is 14.1. The van der Waals surface area contributed by atoms with Crippen LogP contribution >= 0.6 is 0 Å². The summed E-state index contributed by atoms with van der Waals surface area (Å²) in [4.78, 5) is 27.6. The molecule has 0 spiro atoms. The summed E-state index contributed by atoms with van der Waals surface area (Å²) in [7, 11) is 3.49. The summed E-state index contributed by atoms with van der Waals surface area (Å²) in [6.07, 6.45) is 2.38. The highest BCUT2D eigenvalue weighted by Crippen LogP contribution is 2.19. The molecule has 0 bridgehead atoms. The molecule has 1 unspecified atom stereocenters. The monoisotopic (exact) mass is 299 g/mol. The van der Waals surface area contributed by atoms with Crippen LogP contribution in [0.4, 0.5) is 9.59 Å². The minimum absolute atomic E-state index is 0.0135. The Morgan fingerprint density at radius 2 is 1.86 bits per heavy atom. The Bertz CT molecular complexity index is 377. The standard InChI is InChI=1S/C15H29N3O3/c1-11-12(16-13(19)21-15(2,3)4)9-7-8-10-18(11)14(20)17(5)6/h11-12H,7-10H2,1-6H3,(H,16,19)/t11-,12?/m0/s1. The molecule has 0 aromatic carbocycles. The lowest BCUT2D eigenvalue weighted by molar-refractivity contribution is 0.0473. The second-order valence-electron chi connectivity index (χ2n) is 6.86. The number of carbonyl (C=O) groups is 2. The van der Waals surface area contributed by atoms with Crippen LogP contribution in [0.25, 0.3) is 0 Å². The van der Waals surface area contributed by atoms with Gasteiger partial charge in [0, 0.05) is 20.6 Å². The van der Waals surface area contributed by atoms with Crippen LogP contribution in [-0.2, 0) is 4.74 Å². The number of amides is 3. The van der Waals surface area contributed by atoms with Crippen molar-refractivity contribution in [2.45, 2.75) is 64.6 Å². The molecular formula is C15H29N3O3. The molecule has 1 aliphatic heterocycles. The van der Waals surface area contributed by atoms with Crippen LogP contribution in [-0.4, -0.2) is 60.2 Å². The minimum atomic E-state index is -0.517. The van der Waals surface area contributed by atoms with Crippen molar-refractivity contribution in [3.8, 4) is 0 Å². The van der Waals surface area contributed by atoms with E-state index in [0.717, 1.165) is 25.8 Å². The molecule has 122 valence electrons. The number of nitrogens with zero attached hydrogens (tertiary/aromatic N) is 2. The molecule has 0 aromatic heterocycles. The number of carbonyl (C=O) groups excluding carboxylic acids is 2. The molecule has 21 heavy (non-hydrogen) atoms. The number of hydrogen-bond acceptors (Lipinski definition) is 3. The first-order valence-corrected chi connectivity index (χ1v) is 7.59. The van der Waals surface area contributed by atoms with Gasteiger partial charge in [0.05, 0.1) is 12.1 Å². The normalized spacial score (nSPS) is 23.2. The number of nitrogens with one attached hydrogen (secondary N) is 1. The largest absolute Gasteiger partial charge is 0.444 e. The SMILES string of the molecule is C[C@H]1C(NC(=O)OC(C)(C)C)CCCCN1C(=O)N(C)C. The topological polar surface area (TPSA) is 61.9 Å². The molecule has 1 saturated heterocycles. The second-order valence-corrected chi connectivity index (χ2v) is 6.86. The average molecular weight is 299 g/mol. The molecule has 1 rings (SSSR count). The molecular weight excluding hydrogens is 270 g/mol. The summed E-state index contributed by atoms with van der Waals surface area (Å²) in [5, 5.41) is 2.92. The van der Waals surface area contributed by atoms with Gasteiger partial charge in [-0.3, -0.25) is 0 Å². The van der Waals surface area contributed by atoms with Crippen molar-refractivity contribution in [2.75, 3.05) is 20.6 Å². The summed E-state index contributed by atoms with van der Waals surface area (Å²) < 4.78 is 5.31. The number of hydrogen-bond donors (Lipinski definition) is 1. The zero-order valence-corrected chi connectivity index (χ0v) is 14.1.